The number of methoxy groups -OCH3 is 1. The summed E-state index contributed by atoms with van der Waals surface area (Å²) in [5.74, 6) is 2.62. The first-order chi connectivity index (χ1) is 10.1. The Morgan fingerprint density at radius 2 is 2.29 bits per heavy atom. The van der Waals surface area contributed by atoms with Crippen LogP contribution in [0.15, 0.2) is 18.2 Å². The lowest BCUT2D eigenvalue weighted by Gasteiger charge is -2.12. The molecule has 1 aromatic carbocycles. The number of ether oxygens (including phenoxy) is 1. The minimum absolute atomic E-state index is 0.100. The van der Waals surface area contributed by atoms with Crippen LogP contribution in [0.3, 0.4) is 0 Å². The zero-order chi connectivity index (χ0) is 15.4. The molecule has 114 valence electrons. The number of benzene rings is 1. The monoisotopic (exact) mass is 324 g/mol. The smallest absolute Gasteiger partial charge is 0.263 e. The average molecular weight is 324 g/mol. The molecule has 0 fully saturated rings. The van der Waals surface area contributed by atoms with Crippen LogP contribution in [-0.4, -0.2) is 30.6 Å². The number of carbonyl (C=O) groups is 1. The third-order valence-corrected chi connectivity index (χ3v) is 5.40. The van der Waals surface area contributed by atoms with Crippen LogP contribution in [0, 0.1) is 0 Å². The van der Waals surface area contributed by atoms with Gasteiger partial charge in [-0.25, -0.2) is 0 Å². The van der Waals surface area contributed by atoms with E-state index in [1.165, 1.54) is 11.3 Å². The molecule has 2 rings (SSSR count). The van der Waals surface area contributed by atoms with Crippen molar-refractivity contribution in [3.05, 3.63) is 23.1 Å². The van der Waals surface area contributed by atoms with Crippen molar-refractivity contribution in [2.24, 2.45) is 0 Å². The van der Waals surface area contributed by atoms with Crippen molar-refractivity contribution in [1.29, 1.82) is 0 Å². The number of anilines is 1. The summed E-state index contributed by atoms with van der Waals surface area (Å²) in [5.41, 5.74) is 6.66. The summed E-state index contributed by atoms with van der Waals surface area (Å²) < 4.78 is 6.17. The van der Waals surface area contributed by atoms with Crippen LogP contribution in [0.25, 0.3) is 10.1 Å². The number of thiophene rings is 1. The molecule has 0 spiro atoms. The minimum Gasteiger partial charge on any atom is -0.497 e. The van der Waals surface area contributed by atoms with Crippen molar-refractivity contribution in [3.63, 3.8) is 0 Å². The second-order valence-corrected chi connectivity index (χ2v) is 7.11. The van der Waals surface area contributed by atoms with Gasteiger partial charge >= 0.3 is 0 Å². The maximum absolute atomic E-state index is 12.3. The molecule has 1 aromatic heterocycles. The summed E-state index contributed by atoms with van der Waals surface area (Å²) in [7, 11) is 1.62. The molecule has 0 radical (unpaired) electrons. The van der Waals surface area contributed by atoms with E-state index in [0.717, 1.165) is 27.3 Å². The Balaban J connectivity index is 2.21. The molecule has 0 aliphatic rings. The third kappa shape index (κ3) is 3.63. The lowest BCUT2D eigenvalue weighted by Crippen LogP contribution is -2.34. The van der Waals surface area contributed by atoms with Crippen molar-refractivity contribution >= 4 is 44.8 Å². The molecule has 0 saturated heterocycles. The van der Waals surface area contributed by atoms with Gasteiger partial charge < -0.3 is 15.8 Å². The van der Waals surface area contributed by atoms with Crippen molar-refractivity contribution < 1.29 is 9.53 Å². The van der Waals surface area contributed by atoms with Gasteiger partial charge in [0, 0.05) is 21.9 Å². The van der Waals surface area contributed by atoms with Crippen molar-refractivity contribution in [2.45, 2.75) is 19.9 Å². The zero-order valence-corrected chi connectivity index (χ0v) is 14.1. The van der Waals surface area contributed by atoms with Crippen LogP contribution in [-0.2, 0) is 0 Å². The lowest BCUT2D eigenvalue weighted by atomic mass is 10.2. The van der Waals surface area contributed by atoms with Crippen LogP contribution in [0.4, 0.5) is 5.69 Å². The van der Waals surface area contributed by atoms with E-state index in [2.05, 4.69) is 12.2 Å². The van der Waals surface area contributed by atoms with Crippen molar-refractivity contribution in [2.75, 3.05) is 24.3 Å². The first-order valence-electron chi connectivity index (χ1n) is 6.81. The second kappa shape index (κ2) is 7.04. The summed E-state index contributed by atoms with van der Waals surface area (Å²) >= 11 is 3.21. The van der Waals surface area contributed by atoms with Crippen LogP contribution < -0.4 is 15.8 Å². The van der Waals surface area contributed by atoms with Crippen LogP contribution in [0.5, 0.6) is 5.75 Å². The molecule has 1 unspecified atom stereocenters. The number of fused-ring (bicyclic) bond motifs is 1. The van der Waals surface area contributed by atoms with Gasteiger partial charge in [-0.15, -0.1) is 11.3 Å². The number of amides is 1. The molecule has 0 aliphatic carbocycles. The van der Waals surface area contributed by atoms with Gasteiger partial charge in [0.05, 0.1) is 12.8 Å². The lowest BCUT2D eigenvalue weighted by molar-refractivity contribution is 0.0948. The van der Waals surface area contributed by atoms with E-state index in [9.17, 15) is 4.79 Å². The highest BCUT2D eigenvalue weighted by Gasteiger charge is 2.18. The molecule has 0 bridgehead atoms. The van der Waals surface area contributed by atoms with Crippen LogP contribution >= 0.6 is 23.1 Å². The molecule has 1 atom stereocenters. The fraction of sp³-hybridized carbons (Fsp3) is 0.400. The van der Waals surface area contributed by atoms with Crippen molar-refractivity contribution in [1.82, 2.24) is 5.32 Å². The Morgan fingerprint density at radius 1 is 1.52 bits per heavy atom. The molecule has 1 heterocycles. The summed E-state index contributed by atoms with van der Waals surface area (Å²) in [6.07, 6.45) is 0. The number of hydrogen-bond acceptors (Lipinski definition) is 5. The summed E-state index contributed by atoms with van der Waals surface area (Å²) in [6, 6.07) is 5.78. The predicted octanol–water partition coefficient (Wildman–Crippen LogP) is 3.36. The largest absolute Gasteiger partial charge is 0.497 e. The Morgan fingerprint density at radius 3 is 2.95 bits per heavy atom. The number of nitrogen functional groups attached to an aromatic ring is 1. The first kappa shape index (κ1) is 16.0. The topological polar surface area (TPSA) is 64.3 Å². The first-order valence-corrected chi connectivity index (χ1v) is 8.78. The van der Waals surface area contributed by atoms with Gasteiger partial charge in [-0.1, -0.05) is 6.92 Å². The molecule has 3 N–H and O–H groups in total. The summed E-state index contributed by atoms with van der Waals surface area (Å²) in [6.45, 7) is 4.11. The highest BCUT2D eigenvalue weighted by atomic mass is 32.2. The van der Waals surface area contributed by atoms with Gasteiger partial charge in [0.2, 0.25) is 0 Å². The van der Waals surface area contributed by atoms with Crippen LogP contribution in [0.1, 0.15) is 23.5 Å². The summed E-state index contributed by atoms with van der Waals surface area (Å²) in [4.78, 5) is 12.9. The van der Waals surface area contributed by atoms with Gasteiger partial charge in [0.25, 0.3) is 5.91 Å². The minimum atomic E-state index is -0.100. The molecule has 2 aromatic rings. The molecule has 4 nitrogen and oxygen atoms in total. The number of hydrogen-bond donors (Lipinski definition) is 2. The second-order valence-electron chi connectivity index (χ2n) is 4.74. The zero-order valence-electron chi connectivity index (χ0n) is 12.4. The molecular weight excluding hydrogens is 304 g/mol. The van der Waals surface area contributed by atoms with Crippen LogP contribution in [0.2, 0.25) is 0 Å². The van der Waals surface area contributed by atoms with E-state index < -0.39 is 0 Å². The normalized spacial score (nSPS) is 12.3. The standard InChI is InChI=1S/C15H20N2O2S2/c1-4-20-8-9(2)17-15(18)14-13(16)11-6-5-10(19-3)7-12(11)21-14/h5-7,9H,4,8,16H2,1-3H3,(H,17,18). The highest BCUT2D eigenvalue weighted by molar-refractivity contribution is 7.99. The summed E-state index contributed by atoms with van der Waals surface area (Å²) in [5, 5.41) is 3.90. The van der Waals surface area contributed by atoms with Gasteiger partial charge in [-0.2, -0.15) is 11.8 Å². The van der Waals surface area contributed by atoms with Gasteiger partial charge in [0.15, 0.2) is 0 Å². The maximum Gasteiger partial charge on any atom is 0.263 e. The molecule has 0 saturated carbocycles. The molecular formula is C15H20N2O2S2. The molecule has 6 heteroatoms. The number of rotatable bonds is 6. The predicted molar refractivity (Wildman–Crippen MR) is 92.7 cm³/mol. The Hall–Kier alpha value is -1.40. The number of nitrogens with two attached hydrogens (primary N) is 1. The van der Waals surface area contributed by atoms with Gasteiger partial charge in [0.1, 0.15) is 10.6 Å². The third-order valence-electron chi connectivity index (χ3n) is 3.09. The molecule has 1 amide bonds. The van der Waals surface area contributed by atoms with Crippen molar-refractivity contribution in [3.8, 4) is 5.75 Å². The number of carbonyl (C=O) groups excluding carboxylic acids is 1. The number of thioether (sulfide) groups is 1. The molecule has 0 aliphatic heterocycles. The van der Waals surface area contributed by atoms with E-state index in [4.69, 9.17) is 10.5 Å². The van der Waals surface area contributed by atoms with E-state index in [0.29, 0.717) is 10.6 Å². The van der Waals surface area contributed by atoms with E-state index >= 15 is 0 Å². The Labute approximate surface area is 133 Å². The number of nitrogens with one attached hydrogen (secondary N) is 1. The average Bonchev–Trinajstić information content (AvgIpc) is 2.81. The Kier molecular flexibility index (Phi) is 5.36. The Bertz CT molecular complexity index is 640. The van der Waals surface area contributed by atoms with Gasteiger partial charge in [-0.3, -0.25) is 4.79 Å². The fourth-order valence-corrected chi connectivity index (χ4v) is 3.75. The van der Waals surface area contributed by atoms with E-state index in [1.54, 1.807) is 7.11 Å². The quantitative estimate of drug-likeness (QED) is 0.855. The van der Waals surface area contributed by atoms with E-state index in [1.807, 2.05) is 36.9 Å². The SMILES string of the molecule is CCSCC(C)NC(=O)c1sc2cc(OC)ccc2c1N. The fourth-order valence-electron chi connectivity index (χ4n) is 2.02. The molecule has 21 heavy (non-hydrogen) atoms. The van der Waals surface area contributed by atoms with Gasteiger partial charge in [-0.05, 0) is 30.9 Å². The van der Waals surface area contributed by atoms with E-state index in [-0.39, 0.29) is 11.9 Å². The highest BCUT2D eigenvalue weighted by Crippen LogP contribution is 2.35. The maximum atomic E-state index is 12.3.